The molecule has 8 heteroatoms. The van der Waals surface area contributed by atoms with Gasteiger partial charge >= 0.3 is 0 Å². The van der Waals surface area contributed by atoms with Gasteiger partial charge in [0.15, 0.2) is 0 Å². The summed E-state index contributed by atoms with van der Waals surface area (Å²) in [6.07, 6.45) is 4.04. The molecular weight excluding hydrogens is 388 g/mol. The Labute approximate surface area is 170 Å². The van der Waals surface area contributed by atoms with Crippen molar-refractivity contribution in [3.63, 3.8) is 0 Å². The lowest BCUT2D eigenvalue weighted by atomic mass is 10.1. The summed E-state index contributed by atoms with van der Waals surface area (Å²) >= 11 is 0. The van der Waals surface area contributed by atoms with E-state index in [4.69, 9.17) is 0 Å². The Balaban J connectivity index is 1.37. The van der Waals surface area contributed by atoms with E-state index >= 15 is 0 Å². The molecule has 1 fully saturated rings. The van der Waals surface area contributed by atoms with E-state index < -0.39 is 10.0 Å². The van der Waals surface area contributed by atoms with Crippen molar-refractivity contribution in [2.45, 2.75) is 43.7 Å². The van der Waals surface area contributed by atoms with Crippen molar-refractivity contribution in [3.05, 3.63) is 60.3 Å². The Bertz CT molecular complexity index is 1130. The zero-order valence-corrected chi connectivity index (χ0v) is 17.0. The summed E-state index contributed by atoms with van der Waals surface area (Å²) in [7, 11) is -3.47. The number of hydrogen-bond donors (Lipinski definition) is 3. The summed E-state index contributed by atoms with van der Waals surface area (Å²) in [5, 5.41) is 1.07. The summed E-state index contributed by atoms with van der Waals surface area (Å²) < 4.78 is 29.2. The fraction of sp³-hybridized carbons (Fsp3) is 0.286. The zero-order chi connectivity index (χ0) is 20.4. The Morgan fingerprint density at radius 1 is 1.10 bits per heavy atom. The van der Waals surface area contributed by atoms with Gasteiger partial charge in [-0.2, -0.15) is 0 Å². The number of fused-ring (bicyclic) bond motifs is 1. The second-order valence-electron chi connectivity index (χ2n) is 7.23. The van der Waals surface area contributed by atoms with Gasteiger partial charge in [-0.1, -0.05) is 18.2 Å². The molecule has 0 spiro atoms. The van der Waals surface area contributed by atoms with E-state index in [9.17, 15) is 13.2 Å². The van der Waals surface area contributed by atoms with Crippen LogP contribution in [-0.4, -0.2) is 24.9 Å². The lowest BCUT2D eigenvalue weighted by molar-refractivity contribution is -0.119. The summed E-state index contributed by atoms with van der Waals surface area (Å²) in [6.45, 7) is 2.91. The number of benzene rings is 2. The number of nitrogens with one attached hydrogen (secondary N) is 3. The third kappa shape index (κ3) is 4.44. The molecule has 1 amide bonds. The van der Waals surface area contributed by atoms with Crippen molar-refractivity contribution in [2.75, 3.05) is 5.43 Å². The molecule has 1 aliphatic rings. The summed E-state index contributed by atoms with van der Waals surface area (Å²) in [6, 6.07) is 14.4. The normalized spacial score (nSPS) is 14.1. The van der Waals surface area contributed by atoms with E-state index in [0.717, 1.165) is 35.9 Å². The molecule has 1 aliphatic carbocycles. The second-order valence-corrected chi connectivity index (χ2v) is 8.94. The highest BCUT2D eigenvalue weighted by atomic mass is 32.2. The van der Waals surface area contributed by atoms with Gasteiger partial charge in [0.05, 0.1) is 17.0 Å². The first-order valence-electron chi connectivity index (χ1n) is 9.70. The first-order valence-corrected chi connectivity index (χ1v) is 11.2. The van der Waals surface area contributed by atoms with E-state index in [1.807, 2.05) is 30.5 Å². The zero-order valence-electron chi connectivity index (χ0n) is 16.2. The molecule has 0 saturated heterocycles. The molecule has 3 N–H and O–H groups in total. The number of amides is 1. The topological polar surface area (TPSA) is 92.2 Å². The molecule has 1 heterocycles. The molecule has 2 aromatic carbocycles. The molecule has 0 atom stereocenters. The van der Waals surface area contributed by atoms with E-state index in [0.29, 0.717) is 5.69 Å². The number of hydrogen-bond acceptors (Lipinski definition) is 4. The maximum Gasteiger partial charge on any atom is 0.242 e. The first kappa shape index (κ1) is 19.5. The fourth-order valence-electron chi connectivity index (χ4n) is 3.29. The average Bonchev–Trinajstić information content (AvgIpc) is 3.46. The van der Waals surface area contributed by atoms with Crippen molar-refractivity contribution in [2.24, 2.45) is 0 Å². The minimum absolute atomic E-state index is 0.0655. The standard InChI is InChI=1S/C21H24N4O3S/c1-2-25-14-15(19-5-3-4-6-20(19)25)13-21(26)23-22-16-9-11-18(12-10-16)29(27,28)24-17-7-8-17/h3-6,9-12,14,17,22,24H,2,7-8,13H2,1H3,(H,23,26). The third-order valence-electron chi connectivity index (χ3n) is 4.97. The van der Waals surface area contributed by atoms with Gasteiger partial charge in [0.1, 0.15) is 0 Å². The maximum atomic E-state index is 12.4. The van der Waals surface area contributed by atoms with E-state index in [2.05, 4.69) is 27.1 Å². The Hall–Kier alpha value is -2.84. The predicted octanol–water partition coefficient (Wildman–Crippen LogP) is 2.79. The summed E-state index contributed by atoms with van der Waals surface area (Å²) in [4.78, 5) is 12.6. The van der Waals surface area contributed by atoms with Gasteiger partial charge in [-0.15, -0.1) is 0 Å². The molecule has 29 heavy (non-hydrogen) atoms. The highest BCUT2D eigenvalue weighted by Crippen LogP contribution is 2.23. The van der Waals surface area contributed by atoms with Crippen molar-refractivity contribution >= 4 is 32.5 Å². The average molecular weight is 413 g/mol. The lowest BCUT2D eigenvalue weighted by Gasteiger charge is -2.10. The molecule has 3 aromatic rings. The van der Waals surface area contributed by atoms with E-state index in [-0.39, 0.29) is 23.3 Å². The Morgan fingerprint density at radius 3 is 2.52 bits per heavy atom. The number of hydrazine groups is 1. The molecule has 0 bridgehead atoms. The van der Waals surface area contributed by atoms with Crippen molar-refractivity contribution in [3.8, 4) is 0 Å². The molecular formula is C21H24N4O3S. The van der Waals surface area contributed by atoms with Gasteiger partial charge < -0.3 is 4.57 Å². The number of aromatic nitrogens is 1. The van der Waals surface area contributed by atoms with Crippen LogP contribution in [0.15, 0.2) is 59.6 Å². The molecule has 4 rings (SSSR count). The number of anilines is 1. The van der Waals surface area contributed by atoms with Crippen LogP contribution < -0.4 is 15.6 Å². The first-order chi connectivity index (χ1) is 14.0. The lowest BCUT2D eigenvalue weighted by Crippen LogP contribution is -2.30. The van der Waals surface area contributed by atoms with E-state index in [1.54, 1.807) is 12.1 Å². The molecule has 152 valence electrons. The predicted molar refractivity (Wildman–Crippen MR) is 113 cm³/mol. The Kier molecular flexibility index (Phi) is 5.29. The molecule has 1 aromatic heterocycles. The van der Waals surface area contributed by atoms with Crippen LogP contribution in [0.3, 0.4) is 0 Å². The molecule has 0 unspecified atom stereocenters. The minimum atomic E-state index is -3.47. The maximum absolute atomic E-state index is 12.4. The number of aryl methyl sites for hydroxylation is 1. The highest BCUT2D eigenvalue weighted by molar-refractivity contribution is 7.89. The third-order valence-corrected chi connectivity index (χ3v) is 6.51. The molecule has 0 aliphatic heterocycles. The number of rotatable bonds is 8. The molecule has 7 nitrogen and oxygen atoms in total. The monoisotopic (exact) mass is 412 g/mol. The van der Waals surface area contributed by atoms with Crippen LogP contribution in [0.25, 0.3) is 10.9 Å². The van der Waals surface area contributed by atoms with E-state index in [1.165, 1.54) is 12.1 Å². The van der Waals surface area contributed by atoms with Crippen LogP contribution in [-0.2, 0) is 27.8 Å². The van der Waals surface area contributed by atoms with Crippen molar-refractivity contribution in [1.82, 2.24) is 14.7 Å². The fourth-order valence-corrected chi connectivity index (χ4v) is 4.60. The van der Waals surface area contributed by atoms with Gasteiger partial charge in [0.2, 0.25) is 15.9 Å². The highest BCUT2D eigenvalue weighted by Gasteiger charge is 2.27. The van der Waals surface area contributed by atoms with Crippen LogP contribution in [0.5, 0.6) is 0 Å². The Morgan fingerprint density at radius 2 is 1.83 bits per heavy atom. The quantitative estimate of drug-likeness (QED) is 0.496. The van der Waals surface area contributed by atoms with Gasteiger partial charge in [-0.25, -0.2) is 13.1 Å². The van der Waals surface area contributed by atoms with Crippen LogP contribution in [0.2, 0.25) is 0 Å². The van der Waals surface area contributed by atoms with Crippen molar-refractivity contribution in [1.29, 1.82) is 0 Å². The minimum Gasteiger partial charge on any atom is -0.347 e. The summed E-state index contributed by atoms with van der Waals surface area (Å²) in [5.41, 5.74) is 8.21. The number of sulfonamides is 1. The number of carbonyl (C=O) groups excluding carboxylic acids is 1. The van der Waals surface area contributed by atoms with Crippen molar-refractivity contribution < 1.29 is 13.2 Å². The van der Waals surface area contributed by atoms with Crippen LogP contribution in [0.4, 0.5) is 5.69 Å². The number of carbonyl (C=O) groups is 1. The van der Waals surface area contributed by atoms with Crippen LogP contribution in [0.1, 0.15) is 25.3 Å². The molecule has 0 radical (unpaired) electrons. The van der Waals surface area contributed by atoms with Gasteiger partial charge in [0.25, 0.3) is 0 Å². The van der Waals surface area contributed by atoms with Gasteiger partial charge in [-0.3, -0.25) is 15.6 Å². The SMILES string of the molecule is CCn1cc(CC(=O)NNc2ccc(S(=O)(=O)NC3CC3)cc2)c2ccccc21. The van der Waals surface area contributed by atoms with Gasteiger partial charge in [-0.05, 0) is 55.7 Å². The summed E-state index contributed by atoms with van der Waals surface area (Å²) in [5.74, 6) is -0.170. The molecule has 1 saturated carbocycles. The largest absolute Gasteiger partial charge is 0.347 e. The number of nitrogens with zero attached hydrogens (tertiary/aromatic N) is 1. The smallest absolute Gasteiger partial charge is 0.242 e. The van der Waals surface area contributed by atoms with Crippen LogP contribution >= 0.6 is 0 Å². The van der Waals surface area contributed by atoms with Crippen LogP contribution in [0, 0.1) is 0 Å². The number of para-hydroxylation sites is 1. The second kappa shape index (κ2) is 7.88. The van der Waals surface area contributed by atoms with Gasteiger partial charge in [0, 0.05) is 29.7 Å².